The molecule has 0 aliphatic heterocycles. The van der Waals surface area contributed by atoms with Gasteiger partial charge in [-0.05, 0) is 96.3 Å². The number of rotatable bonds is 51. The van der Waals surface area contributed by atoms with Crippen molar-refractivity contribution in [2.45, 2.75) is 271 Å². The zero-order valence-corrected chi connectivity index (χ0v) is 45.0. The second-order valence-corrected chi connectivity index (χ2v) is 18.8. The predicted octanol–water partition coefficient (Wildman–Crippen LogP) is 19.3. The number of carbonyl (C=O) groups excluding carboxylic acids is 3. The lowest BCUT2D eigenvalue weighted by Crippen LogP contribution is -2.30. The Bertz CT molecular complexity index is 1380. The molecular formula is C63H106O6. The number of carbonyl (C=O) groups is 3. The Morgan fingerprint density at radius 1 is 0.304 bits per heavy atom. The molecule has 0 aromatic carbocycles. The van der Waals surface area contributed by atoms with Gasteiger partial charge in [0.25, 0.3) is 0 Å². The van der Waals surface area contributed by atoms with Crippen LogP contribution in [0, 0.1) is 0 Å². The first-order valence-electron chi connectivity index (χ1n) is 28.7. The average Bonchev–Trinajstić information content (AvgIpc) is 3.35. The van der Waals surface area contributed by atoms with E-state index in [1.165, 1.54) is 89.9 Å². The lowest BCUT2D eigenvalue weighted by molar-refractivity contribution is -0.167. The number of allylic oxidation sites excluding steroid dienone is 16. The van der Waals surface area contributed by atoms with Gasteiger partial charge < -0.3 is 14.2 Å². The highest BCUT2D eigenvalue weighted by Crippen LogP contribution is 2.16. The molecule has 0 aliphatic carbocycles. The Morgan fingerprint density at radius 2 is 0.565 bits per heavy atom. The molecule has 0 aromatic rings. The van der Waals surface area contributed by atoms with E-state index in [0.717, 1.165) is 135 Å². The highest BCUT2D eigenvalue weighted by Gasteiger charge is 2.19. The monoisotopic (exact) mass is 959 g/mol. The standard InChI is InChI=1S/C63H106O6/c1-4-7-10-13-16-19-22-25-28-30-31-33-35-38-41-44-47-50-53-56-62(65)68-59-60(58-67-61(64)55-52-49-46-43-40-37-34-27-24-21-18-15-12-9-6-3)69-63(66)57-54-51-48-45-42-39-36-32-29-26-23-20-17-14-11-8-5-2/h7,9-10,12,16,18-19,21,25,27-28,31,33-34,38,41,60H,4-6,8,11,13-15,17,20,22-24,26,29-30,32,35-37,39-40,42-59H2,1-3H3/b10-7-,12-9-,19-16-,21-18-,28-25-,33-31-,34-27-,41-38-. The zero-order chi connectivity index (χ0) is 50.0. The highest BCUT2D eigenvalue weighted by molar-refractivity contribution is 5.71. The van der Waals surface area contributed by atoms with Crippen molar-refractivity contribution in [3.63, 3.8) is 0 Å². The van der Waals surface area contributed by atoms with E-state index >= 15 is 0 Å². The van der Waals surface area contributed by atoms with Crippen molar-refractivity contribution in [2.75, 3.05) is 13.2 Å². The van der Waals surface area contributed by atoms with Crippen LogP contribution in [0.1, 0.15) is 265 Å². The molecule has 0 heterocycles. The van der Waals surface area contributed by atoms with Crippen LogP contribution in [0.4, 0.5) is 0 Å². The summed E-state index contributed by atoms with van der Waals surface area (Å²) in [6.45, 7) is 6.39. The van der Waals surface area contributed by atoms with E-state index in [1.54, 1.807) is 0 Å². The molecule has 0 saturated heterocycles. The third-order valence-electron chi connectivity index (χ3n) is 12.1. The molecule has 0 aromatic heterocycles. The van der Waals surface area contributed by atoms with Crippen LogP contribution < -0.4 is 0 Å². The topological polar surface area (TPSA) is 78.9 Å². The van der Waals surface area contributed by atoms with Gasteiger partial charge in [-0.1, -0.05) is 246 Å². The average molecular weight is 960 g/mol. The number of hydrogen-bond donors (Lipinski definition) is 0. The molecule has 0 bridgehead atoms. The molecule has 69 heavy (non-hydrogen) atoms. The number of unbranched alkanes of at least 4 members (excludes halogenated alkanes) is 24. The first kappa shape index (κ1) is 65.3. The zero-order valence-electron chi connectivity index (χ0n) is 45.0. The number of ether oxygens (including phenoxy) is 3. The van der Waals surface area contributed by atoms with Gasteiger partial charge in [0.15, 0.2) is 6.10 Å². The second kappa shape index (κ2) is 56.9. The maximum Gasteiger partial charge on any atom is 0.306 e. The summed E-state index contributed by atoms with van der Waals surface area (Å²) in [4.78, 5) is 38.2. The molecule has 0 aliphatic rings. The van der Waals surface area contributed by atoms with Crippen LogP contribution in [0.5, 0.6) is 0 Å². The van der Waals surface area contributed by atoms with E-state index < -0.39 is 6.10 Å². The van der Waals surface area contributed by atoms with Crippen molar-refractivity contribution in [2.24, 2.45) is 0 Å². The molecule has 0 N–H and O–H groups in total. The van der Waals surface area contributed by atoms with E-state index in [4.69, 9.17) is 14.2 Å². The first-order chi connectivity index (χ1) is 34.0. The maximum atomic E-state index is 12.9. The smallest absolute Gasteiger partial charge is 0.306 e. The van der Waals surface area contributed by atoms with Crippen LogP contribution in [-0.2, 0) is 28.6 Å². The van der Waals surface area contributed by atoms with E-state index in [2.05, 4.69) is 118 Å². The summed E-state index contributed by atoms with van der Waals surface area (Å²) in [5.41, 5.74) is 0. The minimum atomic E-state index is -0.798. The largest absolute Gasteiger partial charge is 0.462 e. The minimum Gasteiger partial charge on any atom is -0.462 e. The molecule has 0 fully saturated rings. The van der Waals surface area contributed by atoms with Gasteiger partial charge in [-0.15, -0.1) is 0 Å². The van der Waals surface area contributed by atoms with Gasteiger partial charge in [-0.25, -0.2) is 0 Å². The van der Waals surface area contributed by atoms with Crippen LogP contribution in [0.25, 0.3) is 0 Å². The highest BCUT2D eigenvalue weighted by atomic mass is 16.6. The summed E-state index contributed by atoms with van der Waals surface area (Å²) in [6, 6.07) is 0. The first-order valence-corrected chi connectivity index (χ1v) is 28.7. The Kier molecular flexibility index (Phi) is 53.9. The number of hydrogen-bond acceptors (Lipinski definition) is 6. The van der Waals surface area contributed by atoms with Gasteiger partial charge in [-0.3, -0.25) is 14.4 Å². The van der Waals surface area contributed by atoms with Gasteiger partial charge in [0.2, 0.25) is 0 Å². The number of esters is 3. The van der Waals surface area contributed by atoms with Crippen molar-refractivity contribution in [1.82, 2.24) is 0 Å². The molecule has 394 valence electrons. The van der Waals surface area contributed by atoms with Crippen LogP contribution in [0.2, 0.25) is 0 Å². The van der Waals surface area contributed by atoms with Gasteiger partial charge in [0, 0.05) is 19.3 Å². The van der Waals surface area contributed by atoms with Crippen molar-refractivity contribution in [3.05, 3.63) is 97.2 Å². The van der Waals surface area contributed by atoms with Gasteiger partial charge in [0.1, 0.15) is 13.2 Å². The summed E-state index contributed by atoms with van der Waals surface area (Å²) in [6.07, 6.45) is 75.4. The summed E-state index contributed by atoms with van der Waals surface area (Å²) >= 11 is 0. The normalized spacial score (nSPS) is 12.8. The third-order valence-corrected chi connectivity index (χ3v) is 12.1. The summed E-state index contributed by atoms with van der Waals surface area (Å²) in [7, 11) is 0. The SMILES string of the molecule is CC/C=C\C/C=C\C/C=C\C/C=C\C/C=C\CCCCCC(=O)OCC(COC(=O)CCCCCCC/C=C\C/C=C\C/C=C\CC)OC(=O)CCCCCCCCCCCCCCCCCCC. The quantitative estimate of drug-likeness (QED) is 0.0262. The van der Waals surface area contributed by atoms with Crippen molar-refractivity contribution in [1.29, 1.82) is 0 Å². The van der Waals surface area contributed by atoms with E-state index in [1.807, 2.05) is 0 Å². The van der Waals surface area contributed by atoms with E-state index in [0.29, 0.717) is 19.3 Å². The molecule has 0 radical (unpaired) electrons. The molecule has 1 unspecified atom stereocenters. The molecule has 0 saturated carbocycles. The molecule has 0 rings (SSSR count). The minimum absolute atomic E-state index is 0.0961. The van der Waals surface area contributed by atoms with Crippen molar-refractivity contribution >= 4 is 17.9 Å². The summed E-state index contributed by atoms with van der Waals surface area (Å²) < 4.78 is 16.8. The van der Waals surface area contributed by atoms with Crippen molar-refractivity contribution < 1.29 is 28.6 Å². The molecule has 0 amide bonds. The van der Waals surface area contributed by atoms with Gasteiger partial charge in [0.05, 0.1) is 0 Å². The lowest BCUT2D eigenvalue weighted by atomic mass is 10.0. The fraction of sp³-hybridized carbons (Fsp3) is 0.698. The Labute approximate surface area is 426 Å². The van der Waals surface area contributed by atoms with Crippen LogP contribution in [0.15, 0.2) is 97.2 Å². The Hall–Kier alpha value is -3.67. The van der Waals surface area contributed by atoms with Crippen LogP contribution in [0.3, 0.4) is 0 Å². The summed E-state index contributed by atoms with van der Waals surface area (Å²) in [5.74, 6) is -0.938. The predicted molar refractivity (Wildman–Crippen MR) is 297 cm³/mol. The van der Waals surface area contributed by atoms with Gasteiger partial charge in [-0.2, -0.15) is 0 Å². The van der Waals surface area contributed by atoms with E-state index in [9.17, 15) is 14.4 Å². The lowest BCUT2D eigenvalue weighted by Gasteiger charge is -2.18. The molecule has 6 heteroatoms. The maximum absolute atomic E-state index is 12.9. The third kappa shape index (κ3) is 55.1. The summed E-state index contributed by atoms with van der Waals surface area (Å²) in [5, 5.41) is 0. The Balaban J connectivity index is 4.46. The van der Waals surface area contributed by atoms with Crippen LogP contribution >= 0.6 is 0 Å². The fourth-order valence-corrected chi connectivity index (χ4v) is 7.84. The molecule has 1 atom stereocenters. The van der Waals surface area contributed by atoms with Gasteiger partial charge >= 0.3 is 17.9 Å². The van der Waals surface area contributed by atoms with E-state index in [-0.39, 0.29) is 31.1 Å². The van der Waals surface area contributed by atoms with Crippen LogP contribution in [-0.4, -0.2) is 37.2 Å². The molecule has 0 spiro atoms. The second-order valence-electron chi connectivity index (χ2n) is 18.8. The molecule has 6 nitrogen and oxygen atoms in total. The van der Waals surface area contributed by atoms with Crippen molar-refractivity contribution in [3.8, 4) is 0 Å². The Morgan fingerprint density at radius 3 is 0.899 bits per heavy atom. The fourth-order valence-electron chi connectivity index (χ4n) is 7.84. The molecular weight excluding hydrogens is 853 g/mol.